The molecule has 0 radical (unpaired) electrons. The molecule has 24 heavy (non-hydrogen) atoms. The zero-order valence-electron chi connectivity index (χ0n) is 13.5. The maximum atomic E-state index is 6.33. The summed E-state index contributed by atoms with van der Waals surface area (Å²) < 4.78 is 0. The van der Waals surface area contributed by atoms with E-state index in [2.05, 4.69) is 43.9 Å². The summed E-state index contributed by atoms with van der Waals surface area (Å²) in [4.78, 5) is 16.8. The molecule has 1 atom stereocenters. The molecule has 1 aromatic carbocycles. The SMILES string of the molecule is CN1CC[C@]2(C1)CN(c1ncnc3[nH]ccc13)c1ccc(Cl)cc12. The third kappa shape index (κ3) is 1.91. The fourth-order valence-corrected chi connectivity index (χ4v) is 4.50. The molecule has 1 N–H and O–H groups in total. The molecule has 2 aromatic heterocycles. The van der Waals surface area contributed by atoms with Crippen LogP contribution in [0.2, 0.25) is 5.02 Å². The van der Waals surface area contributed by atoms with Crippen molar-refractivity contribution < 1.29 is 0 Å². The van der Waals surface area contributed by atoms with Gasteiger partial charge in [-0.25, -0.2) is 9.97 Å². The van der Waals surface area contributed by atoms with Crippen LogP contribution < -0.4 is 4.90 Å². The number of halogens is 1. The van der Waals surface area contributed by atoms with E-state index in [0.29, 0.717) is 0 Å². The molecule has 4 heterocycles. The second-order valence-corrected chi connectivity index (χ2v) is 7.39. The number of hydrogen-bond donors (Lipinski definition) is 1. The van der Waals surface area contributed by atoms with E-state index < -0.39 is 0 Å². The molecule has 1 spiro atoms. The highest BCUT2D eigenvalue weighted by Gasteiger charge is 2.47. The summed E-state index contributed by atoms with van der Waals surface area (Å²) in [6.07, 6.45) is 4.70. The van der Waals surface area contributed by atoms with Gasteiger partial charge >= 0.3 is 0 Å². The van der Waals surface area contributed by atoms with Crippen molar-refractivity contribution in [2.45, 2.75) is 11.8 Å². The molecule has 2 aliphatic heterocycles. The molecular formula is C18H18ClN5. The van der Waals surface area contributed by atoms with E-state index >= 15 is 0 Å². The van der Waals surface area contributed by atoms with Gasteiger partial charge in [-0.3, -0.25) is 0 Å². The molecule has 1 fully saturated rings. The number of anilines is 2. The van der Waals surface area contributed by atoms with Crippen molar-refractivity contribution in [2.75, 3.05) is 31.6 Å². The fraction of sp³-hybridized carbons (Fsp3) is 0.333. The number of nitrogens with zero attached hydrogens (tertiary/aromatic N) is 4. The van der Waals surface area contributed by atoms with E-state index in [4.69, 9.17) is 11.6 Å². The fourth-order valence-electron chi connectivity index (χ4n) is 4.33. The molecular weight excluding hydrogens is 322 g/mol. The van der Waals surface area contributed by atoms with Crippen LogP contribution in [0.4, 0.5) is 11.5 Å². The smallest absolute Gasteiger partial charge is 0.145 e. The van der Waals surface area contributed by atoms with E-state index in [9.17, 15) is 0 Å². The molecule has 0 aliphatic carbocycles. The minimum absolute atomic E-state index is 0.128. The van der Waals surface area contributed by atoms with Crippen molar-refractivity contribution in [3.63, 3.8) is 0 Å². The highest BCUT2D eigenvalue weighted by molar-refractivity contribution is 6.30. The number of likely N-dealkylation sites (tertiary alicyclic amines) is 1. The predicted octanol–water partition coefficient (Wildman–Crippen LogP) is 3.34. The average Bonchev–Trinajstić information content (AvgIpc) is 3.26. The number of aromatic amines is 1. The van der Waals surface area contributed by atoms with Gasteiger partial charge in [-0.05, 0) is 49.8 Å². The van der Waals surface area contributed by atoms with E-state index in [-0.39, 0.29) is 5.41 Å². The lowest BCUT2D eigenvalue weighted by Crippen LogP contribution is -2.34. The lowest BCUT2D eigenvalue weighted by atomic mass is 9.81. The first-order valence-corrected chi connectivity index (χ1v) is 8.58. The summed E-state index contributed by atoms with van der Waals surface area (Å²) >= 11 is 6.33. The van der Waals surface area contributed by atoms with E-state index in [1.807, 2.05) is 18.3 Å². The average molecular weight is 340 g/mol. The van der Waals surface area contributed by atoms with Gasteiger partial charge in [0, 0.05) is 35.4 Å². The Balaban J connectivity index is 1.71. The summed E-state index contributed by atoms with van der Waals surface area (Å²) in [5, 5.41) is 1.86. The molecule has 0 saturated carbocycles. The van der Waals surface area contributed by atoms with Crippen LogP contribution >= 0.6 is 11.6 Å². The quantitative estimate of drug-likeness (QED) is 0.738. The van der Waals surface area contributed by atoms with Crippen LogP contribution in [0.5, 0.6) is 0 Å². The zero-order valence-corrected chi connectivity index (χ0v) is 14.2. The molecule has 0 bridgehead atoms. The van der Waals surface area contributed by atoms with Gasteiger partial charge in [-0.1, -0.05) is 11.6 Å². The van der Waals surface area contributed by atoms with Gasteiger partial charge in [0.1, 0.15) is 17.8 Å². The van der Waals surface area contributed by atoms with Crippen LogP contribution in [0, 0.1) is 0 Å². The first kappa shape index (κ1) is 14.3. The molecule has 0 amide bonds. The topological polar surface area (TPSA) is 48.1 Å². The maximum absolute atomic E-state index is 6.33. The molecule has 3 aromatic rings. The second-order valence-electron chi connectivity index (χ2n) is 6.95. The van der Waals surface area contributed by atoms with Crippen molar-refractivity contribution in [3.05, 3.63) is 47.4 Å². The van der Waals surface area contributed by atoms with E-state index in [1.165, 1.54) is 11.3 Å². The Kier molecular flexibility index (Phi) is 2.94. The van der Waals surface area contributed by atoms with Crippen molar-refractivity contribution in [1.29, 1.82) is 0 Å². The Morgan fingerprint density at radius 3 is 2.96 bits per heavy atom. The van der Waals surface area contributed by atoms with Crippen molar-refractivity contribution >= 4 is 34.1 Å². The summed E-state index contributed by atoms with van der Waals surface area (Å²) in [5.74, 6) is 0.969. The van der Waals surface area contributed by atoms with Gasteiger partial charge in [-0.2, -0.15) is 0 Å². The van der Waals surface area contributed by atoms with Crippen LogP contribution in [-0.2, 0) is 5.41 Å². The van der Waals surface area contributed by atoms with Gasteiger partial charge in [0.15, 0.2) is 0 Å². The van der Waals surface area contributed by atoms with Crippen molar-refractivity contribution in [2.24, 2.45) is 0 Å². The number of likely N-dealkylation sites (N-methyl/N-ethyl adjacent to an activating group) is 1. The van der Waals surface area contributed by atoms with Crippen molar-refractivity contribution in [1.82, 2.24) is 19.9 Å². The summed E-state index contributed by atoms with van der Waals surface area (Å²) in [6, 6.07) is 8.30. The van der Waals surface area contributed by atoms with E-state index in [0.717, 1.165) is 47.9 Å². The number of benzene rings is 1. The third-order valence-corrected chi connectivity index (χ3v) is 5.65. The van der Waals surface area contributed by atoms with Gasteiger partial charge in [0.05, 0.1) is 5.39 Å². The summed E-state index contributed by atoms with van der Waals surface area (Å²) in [7, 11) is 2.19. The van der Waals surface area contributed by atoms with Gasteiger partial charge in [0.25, 0.3) is 0 Å². The van der Waals surface area contributed by atoms with Gasteiger partial charge in [-0.15, -0.1) is 0 Å². The summed E-state index contributed by atoms with van der Waals surface area (Å²) in [6.45, 7) is 3.10. The first-order chi connectivity index (χ1) is 11.7. The number of hydrogen-bond acceptors (Lipinski definition) is 4. The molecule has 5 rings (SSSR count). The number of fused-ring (bicyclic) bond motifs is 3. The molecule has 1 saturated heterocycles. The van der Waals surface area contributed by atoms with Crippen LogP contribution in [0.1, 0.15) is 12.0 Å². The molecule has 5 nitrogen and oxygen atoms in total. The van der Waals surface area contributed by atoms with Gasteiger partial charge in [0.2, 0.25) is 0 Å². The maximum Gasteiger partial charge on any atom is 0.145 e. The normalized spacial score (nSPS) is 23.5. The van der Waals surface area contributed by atoms with Crippen LogP contribution in [-0.4, -0.2) is 46.5 Å². The largest absolute Gasteiger partial charge is 0.346 e. The standard InChI is InChI=1S/C18H18ClN5/c1-23-7-5-18(9-23)10-24(15-3-2-12(19)8-14(15)18)17-13-4-6-20-16(13)21-11-22-17/h2-4,6,8,11H,5,7,9-10H2,1H3,(H,20,21,22)/t18-/m0/s1. The molecule has 0 unspecified atom stereocenters. The zero-order chi connectivity index (χ0) is 16.3. The van der Waals surface area contributed by atoms with Crippen molar-refractivity contribution in [3.8, 4) is 0 Å². The lowest BCUT2D eigenvalue weighted by molar-refractivity contribution is 0.378. The second kappa shape index (κ2) is 4.94. The molecule has 6 heteroatoms. The molecule has 2 aliphatic rings. The van der Waals surface area contributed by atoms with E-state index in [1.54, 1.807) is 6.33 Å². The Morgan fingerprint density at radius 1 is 1.21 bits per heavy atom. The minimum Gasteiger partial charge on any atom is -0.346 e. The van der Waals surface area contributed by atoms with Crippen LogP contribution in [0.25, 0.3) is 11.0 Å². The highest BCUT2D eigenvalue weighted by Crippen LogP contribution is 2.49. The Morgan fingerprint density at radius 2 is 2.12 bits per heavy atom. The third-order valence-electron chi connectivity index (χ3n) is 5.41. The summed E-state index contributed by atoms with van der Waals surface area (Å²) in [5.41, 5.74) is 3.57. The number of rotatable bonds is 1. The Bertz CT molecular complexity index is 936. The first-order valence-electron chi connectivity index (χ1n) is 8.21. The Labute approximate surface area is 145 Å². The Hall–Kier alpha value is -2.11. The number of H-pyrrole nitrogens is 1. The molecule has 122 valence electrons. The predicted molar refractivity (Wildman–Crippen MR) is 96.1 cm³/mol. The monoisotopic (exact) mass is 339 g/mol. The lowest BCUT2D eigenvalue weighted by Gasteiger charge is -2.25. The minimum atomic E-state index is 0.128. The van der Waals surface area contributed by atoms with Crippen LogP contribution in [0.15, 0.2) is 36.8 Å². The van der Waals surface area contributed by atoms with Gasteiger partial charge < -0.3 is 14.8 Å². The van der Waals surface area contributed by atoms with Crippen LogP contribution in [0.3, 0.4) is 0 Å². The highest BCUT2D eigenvalue weighted by atomic mass is 35.5. The number of aromatic nitrogens is 3. The number of nitrogens with one attached hydrogen (secondary N) is 1.